The highest BCUT2D eigenvalue weighted by Gasteiger charge is 2.15. The van der Waals surface area contributed by atoms with E-state index in [1.54, 1.807) is 12.1 Å². The van der Waals surface area contributed by atoms with Crippen LogP contribution in [0, 0.1) is 9.39 Å². The number of benzene rings is 1. The average molecular weight is 363 g/mol. The zero-order valence-corrected chi connectivity index (χ0v) is 11.5. The summed E-state index contributed by atoms with van der Waals surface area (Å²) in [4.78, 5) is 10.9. The molecule has 1 amide bonds. The van der Waals surface area contributed by atoms with Crippen molar-refractivity contribution in [2.45, 2.75) is 0 Å². The summed E-state index contributed by atoms with van der Waals surface area (Å²) < 4.78 is 14.2. The summed E-state index contributed by atoms with van der Waals surface area (Å²) in [5.74, 6) is -0.0896. The van der Waals surface area contributed by atoms with Crippen LogP contribution >= 0.6 is 34.4 Å². The monoisotopic (exact) mass is 363 g/mol. The molecule has 0 aromatic heterocycles. The molecule has 0 atom stereocenters. The summed E-state index contributed by atoms with van der Waals surface area (Å²) in [6, 6.07) is 4.72. The van der Waals surface area contributed by atoms with E-state index in [4.69, 9.17) is 0 Å². The van der Waals surface area contributed by atoms with Crippen LogP contribution in [0.1, 0.15) is 5.56 Å². The number of nitrogens with zero attached hydrogens (tertiary/aromatic N) is 2. The van der Waals surface area contributed by atoms with Gasteiger partial charge in [0.05, 0.1) is 12.0 Å². The molecule has 0 aliphatic carbocycles. The Labute approximate surface area is 115 Å². The van der Waals surface area contributed by atoms with Crippen LogP contribution in [0.4, 0.5) is 4.39 Å². The molecule has 17 heavy (non-hydrogen) atoms. The van der Waals surface area contributed by atoms with Crippen LogP contribution in [0.5, 0.6) is 0 Å². The van der Waals surface area contributed by atoms with Crippen molar-refractivity contribution in [1.82, 2.24) is 5.32 Å². The van der Waals surface area contributed by atoms with E-state index >= 15 is 0 Å². The van der Waals surface area contributed by atoms with Gasteiger partial charge in [0, 0.05) is 9.13 Å². The molecule has 0 saturated carbocycles. The van der Waals surface area contributed by atoms with Crippen molar-refractivity contribution in [3.8, 4) is 0 Å². The second-order valence-electron chi connectivity index (χ2n) is 3.15. The molecule has 7 heteroatoms. The molecular weight excluding hydrogens is 356 g/mol. The van der Waals surface area contributed by atoms with Gasteiger partial charge in [0.15, 0.2) is 5.17 Å². The summed E-state index contributed by atoms with van der Waals surface area (Å²) in [6.45, 7) is 0. The molecule has 0 radical (unpaired) electrons. The number of carbonyl (C=O) groups is 1. The Morgan fingerprint density at radius 1 is 1.53 bits per heavy atom. The third-order valence-electron chi connectivity index (χ3n) is 1.89. The van der Waals surface area contributed by atoms with Crippen molar-refractivity contribution >= 4 is 51.6 Å². The Kier molecular flexibility index (Phi) is 4.11. The van der Waals surface area contributed by atoms with E-state index in [2.05, 4.69) is 38.1 Å². The summed E-state index contributed by atoms with van der Waals surface area (Å²) in [5.41, 5.74) is 0.371. The van der Waals surface area contributed by atoms with Gasteiger partial charge in [0.25, 0.3) is 0 Å². The number of hydrogen-bond donors (Lipinski definition) is 1. The minimum absolute atomic E-state index is 0.0932. The summed E-state index contributed by atoms with van der Waals surface area (Å²) >= 11 is 3.36. The third kappa shape index (κ3) is 3.50. The van der Waals surface area contributed by atoms with Crippen molar-refractivity contribution in [1.29, 1.82) is 0 Å². The number of nitrogens with one attached hydrogen (secondary N) is 1. The summed E-state index contributed by atoms with van der Waals surface area (Å²) in [5, 5.41) is 10.5. The standard InChI is InChI=1S/C10H7FIN3OS/c11-8-2-1-7(12)3-6(8)4-13-15-10-14-9(16)5-17-10/h1-4H,5H2,(H,14,15,16). The Bertz CT molecular complexity index is 518. The molecule has 0 spiro atoms. The van der Waals surface area contributed by atoms with Gasteiger partial charge in [-0.15, -0.1) is 5.10 Å². The number of halogens is 2. The quantitative estimate of drug-likeness (QED) is 0.496. The van der Waals surface area contributed by atoms with Crippen molar-refractivity contribution < 1.29 is 9.18 Å². The minimum Gasteiger partial charge on any atom is -0.303 e. The first-order valence-corrected chi connectivity index (χ1v) is 6.70. The van der Waals surface area contributed by atoms with Crippen molar-refractivity contribution in [2.75, 3.05) is 5.75 Å². The zero-order valence-electron chi connectivity index (χ0n) is 8.48. The first kappa shape index (κ1) is 12.5. The zero-order chi connectivity index (χ0) is 12.3. The fourth-order valence-corrected chi connectivity index (χ4v) is 2.28. The van der Waals surface area contributed by atoms with Crippen molar-refractivity contribution in [2.24, 2.45) is 10.2 Å². The van der Waals surface area contributed by atoms with Gasteiger partial charge in [-0.2, -0.15) is 5.10 Å². The molecule has 1 aliphatic rings. The lowest BCUT2D eigenvalue weighted by atomic mass is 10.2. The number of amides is 1. The van der Waals surface area contributed by atoms with Gasteiger partial charge in [-0.3, -0.25) is 4.79 Å². The van der Waals surface area contributed by atoms with E-state index in [0.717, 1.165) is 3.57 Å². The first-order chi connectivity index (χ1) is 8.15. The van der Waals surface area contributed by atoms with E-state index in [1.165, 1.54) is 24.0 Å². The maximum atomic E-state index is 13.3. The molecule has 0 unspecified atom stereocenters. The predicted octanol–water partition coefficient (Wildman–Crippen LogP) is 1.98. The molecule has 1 heterocycles. The first-order valence-electron chi connectivity index (χ1n) is 4.64. The maximum absolute atomic E-state index is 13.3. The number of thioether (sulfide) groups is 1. The summed E-state index contributed by atoms with van der Waals surface area (Å²) in [6.07, 6.45) is 1.33. The molecule has 88 valence electrons. The van der Waals surface area contributed by atoms with Gasteiger partial charge in [-0.05, 0) is 40.8 Å². The molecule has 1 aromatic carbocycles. The molecule has 2 rings (SSSR count). The lowest BCUT2D eigenvalue weighted by Crippen LogP contribution is -2.19. The SMILES string of the molecule is O=C1CSC(=NN=Cc2cc(I)ccc2F)N1. The van der Waals surface area contributed by atoms with Gasteiger partial charge in [-0.1, -0.05) is 11.8 Å². The van der Waals surface area contributed by atoms with Crippen LogP contribution < -0.4 is 5.32 Å². The fourth-order valence-electron chi connectivity index (χ4n) is 1.14. The lowest BCUT2D eigenvalue weighted by molar-refractivity contribution is -0.116. The fraction of sp³-hybridized carbons (Fsp3) is 0.100. The number of amidine groups is 1. The molecular formula is C10H7FIN3OS. The Hall–Kier alpha value is -0.960. The largest absolute Gasteiger partial charge is 0.303 e. The lowest BCUT2D eigenvalue weighted by Gasteiger charge is -1.96. The van der Waals surface area contributed by atoms with E-state index in [-0.39, 0.29) is 11.7 Å². The molecule has 1 aliphatic heterocycles. The predicted molar refractivity (Wildman–Crippen MR) is 74.7 cm³/mol. The van der Waals surface area contributed by atoms with E-state index in [9.17, 15) is 9.18 Å². The highest BCUT2D eigenvalue weighted by Crippen LogP contribution is 2.11. The van der Waals surface area contributed by atoms with Crippen molar-refractivity contribution in [3.05, 3.63) is 33.1 Å². The van der Waals surface area contributed by atoms with Gasteiger partial charge < -0.3 is 5.32 Å². The minimum atomic E-state index is -0.350. The second kappa shape index (κ2) is 5.58. The van der Waals surface area contributed by atoms with Crippen LogP contribution in [-0.2, 0) is 4.79 Å². The second-order valence-corrected chi connectivity index (χ2v) is 5.36. The highest BCUT2D eigenvalue weighted by molar-refractivity contribution is 14.1. The van der Waals surface area contributed by atoms with Gasteiger partial charge in [0.1, 0.15) is 5.82 Å². The van der Waals surface area contributed by atoms with Crippen LogP contribution in [0.15, 0.2) is 28.4 Å². The molecule has 1 saturated heterocycles. The molecule has 1 fully saturated rings. The third-order valence-corrected chi connectivity index (χ3v) is 3.42. The molecule has 0 bridgehead atoms. The Morgan fingerprint density at radius 3 is 3.06 bits per heavy atom. The van der Waals surface area contributed by atoms with E-state index in [0.29, 0.717) is 16.5 Å². The molecule has 1 aromatic rings. The van der Waals surface area contributed by atoms with Gasteiger partial charge in [-0.25, -0.2) is 4.39 Å². The van der Waals surface area contributed by atoms with Crippen LogP contribution in [0.25, 0.3) is 0 Å². The van der Waals surface area contributed by atoms with Crippen molar-refractivity contribution in [3.63, 3.8) is 0 Å². The van der Waals surface area contributed by atoms with Crippen LogP contribution in [0.2, 0.25) is 0 Å². The maximum Gasteiger partial charge on any atom is 0.236 e. The van der Waals surface area contributed by atoms with Crippen LogP contribution in [-0.4, -0.2) is 23.0 Å². The van der Waals surface area contributed by atoms with E-state index < -0.39 is 0 Å². The Morgan fingerprint density at radius 2 is 2.35 bits per heavy atom. The molecule has 4 nitrogen and oxygen atoms in total. The number of hydrogen-bond acceptors (Lipinski definition) is 4. The molecule has 1 N–H and O–H groups in total. The average Bonchev–Trinajstić information content (AvgIpc) is 2.69. The smallest absolute Gasteiger partial charge is 0.236 e. The highest BCUT2D eigenvalue weighted by atomic mass is 127. The van der Waals surface area contributed by atoms with Crippen LogP contribution in [0.3, 0.4) is 0 Å². The number of rotatable bonds is 2. The normalized spacial score (nSPS) is 18.0. The van der Waals surface area contributed by atoms with Gasteiger partial charge >= 0.3 is 0 Å². The van der Waals surface area contributed by atoms with E-state index in [1.807, 2.05) is 0 Å². The number of carbonyl (C=O) groups excluding carboxylic acids is 1. The Balaban J connectivity index is 2.10. The van der Waals surface area contributed by atoms with Gasteiger partial charge in [0.2, 0.25) is 5.91 Å². The summed E-state index contributed by atoms with van der Waals surface area (Å²) in [7, 11) is 0. The topological polar surface area (TPSA) is 53.8 Å².